The topological polar surface area (TPSA) is 54.1 Å². The highest BCUT2D eigenvalue weighted by Crippen LogP contribution is 2.49. The smallest absolute Gasteiger partial charge is 0.384 e. The Morgan fingerprint density at radius 2 is 1.87 bits per heavy atom. The number of halogens is 3. The van der Waals surface area contributed by atoms with Crippen molar-refractivity contribution in [2.24, 2.45) is 17.8 Å². The van der Waals surface area contributed by atoms with Gasteiger partial charge in [0.25, 0.3) is 0 Å². The highest BCUT2D eigenvalue weighted by Gasteiger charge is 2.54. The number of nitrogens with zero attached hydrogens (tertiary/aromatic N) is 5. The molecule has 0 radical (unpaired) electrons. The molecule has 5 heterocycles. The second kappa shape index (κ2) is 13.0. The lowest BCUT2D eigenvalue weighted by molar-refractivity contribution is -0.989. The van der Waals surface area contributed by atoms with Crippen molar-refractivity contribution in [3.63, 3.8) is 0 Å². The quantitative estimate of drug-likeness (QED) is 0.310. The van der Waals surface area contributed by atoms with Crippen LogP contribution in [0.15, 0.2) is 47.5 Å². The van der Waals surface area contributed by atoms with E-state index in [1.807, 2.05) is 12.1 Å². The van der Waals surface area contributed by atoms with Gasteiger partial charge in [-0.2, -0.15) is 18.6 Å². The van der Waals surface area contributed by atoms with Gasteiger partial charge in [-0.15, -0.1) is 0 Å². The lowest BCUT2D eigenvalue weighted by Crippen LogP contribution is -2.64. The summed E-state index contributed by atoms with van der Waals surface area (Å²) in [7, 11) is 3.96. The van der Waals surface area contributed by atoms with E-state index in [0.717, 1.165) is 75.3 Å². The van der Waals surface area contributed by atoms with Crippen LogP contribution in [0.2, 0.25) is 0 Å². The van der Waals surface area contributed by atoms with Gasteiger partial charge in [-0.1, -0.05) is 19.1 Å². The molecule has 3 aliphatic heterocycles. The van der Waals surface area contributed by atoms with Gasteiger partial charge < -0.3 is 4.74 Å². The number of hydrogen-bond donors (Lipinski definition) is 1. The SMILES string of the molecule is COCC1CC([C@@H](c2cccc(-n3cc4c(C(F)(F)F)cc(CN5CCC[C@H](C)C5)cn4c3=O)c2)C2N(C)CN[N+]23CCCCC3)C1. The number of alkyl halides is 3. The van der Waals surface area contributed by atoms with Gasteiger partial charge in [-0.25, -0.2) is 14.3 Å². The number of methoxy groups -OCH3 is 1. The molecular weight excluding hydrogens is 605 g/mol. The Morgan fingerprint density at radius 1 is 1.09 bits per heavy atom. The molecule has 1 N–H and O–H groups in total. The summed E-state index contributed by atoms with van der Waals surface area (Å²) in [4.78, 5) is 18.6. The minimum atomic E-state index is -4.59. The summed E-state index contributed by atoms with van der Waals surface area (Å²) in [6, 6.07) is 9.27. The second-order valence-corrected chi connectivity index (χ2v) is 15.0. The molecule has 4 aliphatic rings. The lowest BCUT2D eigenvalue weighted by Gasteiger charge is -2.49. The molecule has 3 atom stereocenters. The molecule has 11 heteroatoms. The fraction of sp³-hybridized carbons (Fsp3) is 0.639. The largest absolute Gasteiger partial charge is 0.418 e. The molecule has 4 fully saturated rings. The normalized spacial score (nSPS) is 27.8. The van der Waals surface area contributed by atoms with Crippen molar-refractivity contribution < 1.29 is 22.5 Å². The second-order valence-electron chi connectivity index (χ2n) is 15.0. The number of hydrogen-bond acceptors (Lipinski definition) is 5. The van der Waals surface area contributed by atoms with Gasteiger partial charge in [-0.3, -0.25) is 13.9 Å². The molecule has 1 aliphatic carbocycles. The first kappa shape index (κ1) is 32.8. The lowest BCUT2D eigenvalue weighted by atomic mass is 9.65. The number of nitrogens with one attached hydrogen (secondary N) is 1. The van der Waals surface area contributed by atoms with Crippen LogP contribution in [0.1, 0.15) is 74.5 Å². The van der Waals surface area contributed by atoms with Crippen molar-refractivity contribution in [2.45, 2.75) is 76.7 Å². The van der Waals surface area contributed by atoms with Crippen molar-refractivity contribution in [1.82, 2.24) is 24.2 Å². The maximum absolute atomic E-state index is 14.5. The van der Waals surface area contributed by atoms with Crippen LogP contribution >= 0.6 is 0 Å². The maximum atomic E-state index is 14.5. The molecule has 1 unspecified atom stereocenters. The van der Waals surface area contributed by atoms with Gasteiger partial charge in [0.1, 0.15) is 6.67 Å². The van der Waals surface area contributed by atoms with Gasteiger partial charge in [0, 0.05) is 39.2 Å². The number of aromatic nitrogens is 2. The molecule has 7 rings (SSSR count). The molecule has 47 heavy (non-hydrogen) atoms. The molecule has 0 amide bonds. The van der Waals surface area contributed by atoms with Crippen molar-refractivity contribution in [3.05, 3.63) is 69.9 Å². The van der Waals surface area contributed by atoms with Gasteiger partial charge in [0.15, 0.2) is 6.17 Å². The number of pyridine rings is 1. The van der Waals surface area contributed by atoms with Crippen LogP contribution < -0.4 is 11.1 Å². The average Bonchev–Trinajstić information content (AvgIpc) is 3.51. The van der Waals surface area contributed by atoms with Gasteiger partial charge >= 0.3 is 11.9 Å². The Hall–Kier alpha value is -2.70. The Labute approximate surface area is 275 Å². The standard InChI is InChI=1S/C36H50F3N6O2/c1-25-9-8-12-42(19-25)20-27-17-31(36(37,38)39)32-22-43(35(46)44(32)21-27)30-11-7-10-28(18-30)33(29-15-26(16-29)23-47-3)34-41(2)24-40-45(34)13-5-4-6-14-45/h7,10-11,17-18,21-22,25-26,29,33-34,40H,4-6,8-9,12-16,19-20,23-24H2,1-3H3/q+1/t25-,26?,29?,33+,34?/m0/s1. The zero-order valence-corrected chi connectivity index (χ0v) is 28.0. The fourth-order valence-corrected chi connectivity index (χ4v) is 9.35. The number of piperidine rings is 2. The van der Waals surface area contributed by atoms with E-state index < -0.39 is 17.4 Å². The molecule has 2 aromatic heterocycles. The third kappa shape index (κ3) is 6.30. The van der Waals surface area contributed by atoms with E-state index >= 15 is 0 Å². The van der Waals surface area contributed by atoms with E-state index in [9.17, 15) is 18.0 Å². The van der Waals surface area contributed by atoms with Gasteiger partial charge in [0.05, 0.1) is 35.8 Å². The predicted octanol–water partition coefficient (Wildman–Crippen LogP) is 5.83. The van der Waals surface area contributed by atoms with E-state index in [-0.39, 0.29) is 17.6 Å². The molecule has 1 aromatic carbocycles. The monoisotopic (exact) mass is 655 g/mol. The summed E-state index contributed by atoms with van der Waals surface area (Å²) in [6.07, 6.45) is 6.60. The zero-order valence-electron chi connectivity index (χ0n) is 28.0. The highest BCUT2D eigenvalue weighted by molar-refractivity contribution is 5.58. The van der Waals surface area contributed by atoms with E-state index in [2.05, 4.69) is 41.3 Å². The average molecular weight is 656 g/mol. The summed E-state index contributed by atoms with van der Waals surface area (Å²) in [6.45, 7) is 8.03. The van der Waals surface area contributed by atoms with E-state index in [0.29, 0.717) is 35.5 Å². The Kier molecular flexibility index (Phi) is 9.06. The number of ether oxygens (including phenoxy) is 1. The maximum Gasteiger partial charge on any atom is 0.418 e. The first-order valence-corrected chi connectivity index (χ1v) is 17.5. The Balaban J connectivity index is 1.28. The Bertz CT molecular complexity index is 1620. The number of quaternary nitrogens is 1. The van der Waals surface area contributed by atoms with Crippen LogP contribution in [0.25, 0.3) is 11.2 Å². The fourth-order valence-electron chi connectivity index (χ4n) is 9.35. The van der Waals surface area contributed by atoms with E-state index in [4.69, 9.17) is 4.74 Å². The number of benzene rings is 1. The number of likely N-dealkylation sites (N-methyl/N-ethyl adjacent to an activating group) is 1. The Morgan fingerprint density at radius 3 is 2.60 bits per heavy atom. The first-order valence-electron chi connectivity index (χ1n) is 17.5. The third-order valence-corrected chi connectivity index (χ3v) is 11.5. The number of imidazole rings is 1. The van der Waals surface area contributed by atoms with Crippen LogP contribution in [-0.4, -0.2) is 83.1 Å². The third-order valence-electron chi connectivity index (χ3n) is 11.5. The molecule has 0 bridgehead atoms. The van der Waals surface area contributed by atoms with Gasteiger partial charge in [0.2, 0.25) is 0 Å². The summed E-state index contributed by atoms with van der Waals surface area (Å²) < 4.78 is 52.5. The molecule has 256 valence electrons. The zero-order chi connectivity index (χ0) is 32.9. The van der Waals surface area contributed by atoms with Crippen molar-refractivity contribution in [1.29, 1.82) is 0 Å². The molecule has 3 saturated heterocycles. The van der Waals surface area contributed by atoms with Crippen LogP contribution in [-0.2, 0) is 17.5 Å². The summed E-state index contributed by atoms with van der Waals surface area (Å²) >= 11 is 0. The van der Waals surface area contributed by atoms with Crippen LogP contribution in [0, 0.1) is 17.8 Å². The van der Waals surface area contributed by atoms with Crippen LogP contribution in [0.4, 0.5) is 13.2 Å². The molecule has 3 aromatic rings. The van der Waals surface area contributed by atoms with Gasteiger partial charge in [-0.05, 0) is 106 Å². The number of rotatable bonds is 8. The minimum absolute atomic E-state index is 0.112. The molecule has 1 saturated carbocycles. The summed E-state index contributed by atoms with van der Waals surface area (Å²) in [5, 5.41) is 0. The van der Waals surface area contributed by atoms with Crippen molar-refractivity contribution >= 4 is 5.52 Å². The van der Waals surface area contributed by atoms with E-state index in [1.165, 1.54) is 40.5 Å². The van der Waals surface area contributed by atoms with Crippen LogP contribution in [0.3, 0.4) is 0 Å². The van der Waals surface area contributed by atoms with Crippen molar-refractivity contribution in [2.75, 3.05) is 53.6 Å². The van der Waals surface area contributed by atoms with Crippen molar-refractivity contribution in [3.8, 4) is 5.69 Å². The highest BCUT2D eigenvalue weighted by atomic mass is 19.4. The minimum Gasteiger partial charge on any atom is -0.384 e. The molecular formula is C36H50F3N6O2+. The summed E-state index contributed by atoms with van der Waals surface area (Å²) in [5.74, 6) is 1.70. The number of fused-ring (bicyclic) bond motifs is 1. The molecule has 8 nitrogen and oxygen atoms in total. The summed E-state index contributed by atoms with van der Waals surface area (Å²) in [5.41, 5.74) is 4.77. The van der Waals surface area contributed by atoms with E-state index in [1.54, 1.807) is 13.3 Å². The molecule has 1 spiro atoms. The number of likely N-dealkylation sites (tertiary alicyclic amines) is 1. The van der Waals surface area contributed by atoms with Crippen LogP contribution in [0.5, 0.6) is 0 Å². The predicted molar refractivity (Wildman–Crippen MR) is 176 cm³/mol. The first-order chi connectivity index (χ1) is 22.6.